The molecule has 110 valence electrons. The van der Waals surface area contributed by atoms with E-state index in [9.17, 15) is 4.79 Å². The number of benzene rings is 1. The van der Waals surface area contributed by atoms with Crippen LogP contribution in [0.4, 0.5) is 0 Å². The molecule has 1 aliphatic heterocycles. The van der Waals surface area contributed by atoms with Crippen LogP contribution >= 0.6 is 0 Å². The molecule has 1 heterocycles. The van der Waals surface area contributed by atoms with E-state index < -0.39 is 0 Å². The van der Waals surface area contributed by atoms with Crippen LogP contribution < -0.4 is 10.5 Å². The van der Waals surface area contributed by atoms with Gasteiger partial charge >= 0.3 is 0 Å². The van der Waals surface area contributed by atoms with Crippen LogP contribution in [0.5, 0.6) is 5.75 Å². The van der Waals surface area contributed by atoms with Crippen LogP contribution in [0, 0.1) is 5.92 Å². The Bertz CT molecular complexity index is 444. The predicted molar refractivity (Wildman–Crippen MR) is 79.7 cm³/mol. The zero-order valence-corrected chi connectivity index (χ0v) is 12.3. The Hall–Kier alpha value is -1.55. The van der Waals surface area contributed by atoms with Gasteiger partial charge in [0.25, 0.3) is 0 Å². The molecule has 4 nitrogen and oxygen atoms in total. The van der Waals surface area contributed by atoms with E-state index in [1.54, 1.807) is 7.11 Å². The van der Waals surface area contributed by atoms with E-state index in [4.69, 9.17) is 10.5 Å². The highest BCUT2D eigenvalue weighted by Gasteiger charge is 2.28. The quantitative estimate of drug-likeness (QED) is 0.892. The second-order valence-electron chi connectivity index (χ2n) is 5.62. The van der Waals surface area contributed by atoms with Crippen molar-refractivity contribution in [1.82, 2.24) is 4.90 Å². The van der Waals surface area contributed by atoms with Gasteiger partial charge in [0.1, 0.15) is 5.75 Å². The van der Waals surface area contributed by atoms with E-state index in [0.29, 0.717) is 6.04 Å². The Morgan fingerprint density at radius 1 is 1.35 bits per heavy atom. The van der Waals surface area contributed by atoms with Gasteiger partial charge in [0.05, 0.1) is 13.0 Å². The third-order valence-electron chi connectivity index (χ3n) is 4.26. The fourth-order valence-electron chi connectivity index (χ4n) is 2.79. The summed E-state index contributed by atoms with van der Waals surface area (Å²) in [5.41, 5.74) is 6.73. The average molecular weight is 276 g/mol. The summed E-state index contributed by atoms with van der Waals surface area (Å²) in [5, 5.41) is 0. The Balaban J connectivity index is 1.89. The maximum absolute atomic E-state index is 11.3. The van der Waals surface area contributed by atoms with Crippen molar-refractivity contribution in [2.24, 2.45) is 11.7 Å². The summed E-state index contributed by atoms with van der Waals surface area (Å²) in [4.78, 5) is 13.7. The van der Waals surface area contributed by atoms with Crippen LogP contribution in [0.1, 0.15) is 25.3 Å². The molecule has 2 N–H and O–H groups in total. The summed E-state index contributed by atoms with van der Waals surface area (Å²) in [6.45, 7) is 4.00. The van der Waals surface area contributed by atoms with Gasteiger partial charge in [-0.25, -0.2) is 0 Å². The first-order chi connectivity index (χ1) is 9.60. The topological polar surface area (TPSA) is 55.6 Å². The number of rotatable bonds is 5. The van der Waals surface area contributed by atoms with Crippen molar-refractivity contribution in [3.8, 4) is 5.75 Å². The number of methoxy groups -OCH3 is 1. The third-order valence-corrected chi connectivity index (χ3v) is 4.26. The molecular formula is C16H24N2O2. The molecule has 0 bridgehead atoms. The maximum Gasteiger partial charge on any atom is 0.221 e. The first-order valence-electron chi connectivity index (χ1n) is 7.26. The molecule has 0 saturated carbocycles. The molecule has 2 rings (SSSR count). The SMILES string of the molecule is COc1ccc(CCN2C[C@H](C(N)=O)CC[C@@H]2C)cc1. The van der Waals surface area contributed by atoms with E-state index in [1.807, 2.05) is 12.1 Å². The fraction of sp³-hybridized carbons (Fsp3) is 0.562. The molecule has 1 fully saturated rings. The summed E-state index contributed by atoms with van der Waals surface area (Å²) in [7, 11) is 1.67. The minimum Gasteiger partial charge on any atom is -0.497 e. The molecule has 1 aliphatic rings. The lowest BCUT2D eigenvalue weighted by Gasteiger charge is -2.36. The highest BCUT2D eigenvalue weighted by Crippen LogP contribution is 2.22. The minimum atomic E-state index is -0.161. The fourth-order valence-corrected chi connectivity index (χ4v) is 2.79. The molecule has 0 aromatic heterocycles. The maximum atomic E-state index is 11.3. The van der Waals surface area contributed by atoms with Crippen LogP contribution in [0.25, 0.3) is 0 Å². The van der Waals surface area contributed by atoms with Crippen molar-refractivity contribution in [2.45, 2.75) is 32.2 Å². The molecule has 1 aromatic carbocycles. The van der Waals surface area contributed by atoms with Crippen LogP contribution in [0.2, 0.25) is 0 Å². The number of piperidine rings is 1. The lowest BCUT2D eigenvalue weighted by molar-refractivity contribution is -0.123. The smallest absolute Gasteiger partial charge is 0.221 e. The molecule has 0 radical (unpaired) electrons. The summed E-state index contributed by atoms with van der Waals surface area (Å²) in [6.07, 6.45) is 2.96. The monoisotopic (exact) mass is 276 g/mol. The van der Waals surface area contributed by atoms with Gasteiger partial charge in [-0.1, -0.05) is 12.1 Å². The standard InChI is InChI=1S/C16H24N2O2/c1-12-3-6-14(16(17)19)11-18(12)10-9-13-4-7-15(20-2)8-5-13/h4-5,7-8,12,14H,3,6,9-11H2,1-2H3,(H2,17,19)/t12-,14+/m0/s1. The van der Waals surface area contributed by atoms with Gasteiger partial charge < -0.3 is 10.5 Å². The van der Waals surface area contributed by atoms with Crippen molar-refractivity contribution in [3.63, 3.8) is 0 Å². The second-order valence-corrected chi connectivity index (χ2v) is 5.62. The molecule has 20 heavy (non-hydrogen) atoms. The Morgan fingerprint density at radius 3 is 2.65 bits per heavy atom. The number of primary amides is 1. The van der Waals surface area contributed by atoms with E-state index in [2.05, 4.69) is 24.0 Å². The zero-order chi connectivity index (χ0) is 14.5. The number of hydrogen-bond acceptors (Lipinski definition) is 3. The van der Waals surface area contributed by atoms with Gasteiger partial charge in [-0.3, -0.25) is 9.69 Å². The zero-order valence-electron chi connectivity index (χ0n) is 12.3. The van der Waals surface area contributed by atoms with Crippen molar-refractivity contribution in [1.29, 1.82) is 0 Å². The normalized spacial score (nSPS) is 23.5. The highest BCUT2D eigenvalue weighted by atomic mass is 16.5. The number of nitrogens with two attached hydrogens (primary N) is 1. The lowest BCUT2D eigenvalue weighted by Crippen LogP contribution is -2.46. The Labute approximate surface area is 120 Å². The van der Waals surface area contributed by atoms with Crippen molar-refractivity contribution in [2.75, 3.05) is 20.2 Å². The first-order valence-corrected chi connectivity index (χ1v) is 7.26. The molecule has 1 amide bonds. The first kappa shape index (κ1) is 14.9. The molecule has 0 unspecified atom stereocenters. The van der Waals surface area contributed by atoms with E-state index in [0.717, 1.165) is 38.1 Å². The largest absolute Gasteiger partial charge is 0.497 e. The van der Waals surface area contributed by atoms with Gasteiger partial charge in [0.15, 0.2) is 0 Å². The van der Waals surface area contributed by atoms with Crippen LogP contribution in [0.3, 0.4) is 0 Å². The van der Waals surface area contributed by atoms with E-state index >= 15 is 0 Å². The molecular weight excluding hydrogens is 252 g/mol. The predicted octanol–water partition coefficient (Wildman–Crippen LogP) is 1.82. The summed E-state index contributed by atoms with van der Waals surface area (Å²) < 4.78 is 5.16. The van der Waals surface area contributed by atoms with E-state index in [-0.39, 0.29) is 11.8 Å². The molecule has 4 heteroatoms. The Morgan fingerprint density at radius 2 is 2.05 bits per heavy atom. The number of amides is 1. The van der Waals surface area contributed by atoms with Crippen molar-refractivity contribution >= 4 is 5.91 Å². The van der Waals surface area contributed by atoms with Crippen LogP contribution in [-0.2, 0) is 11.2 Å². The number of carbonyl (C=O) groups is 1. The summed E-state index contributed by atoms with van der Waals surface area (Å²) in [6, 6.07) is 8.70. The average Bonchev–Trinajstić information content (AvgIpc) is 2.46. The molecule has 1 aromatic rings. The minimum absolute atomic E-state index is 0.0158. The molecule has 0 aliphatic carbocycles. The van der Waals surface area contributed by atoms with Gasteiger partial charge in [-0.05, 0) is 43.9 Å². The number of nitrogens with zero attached hydrogens (tertiary/aromatic N) is 1. The number of likely N-dealkylation sites (tertiary alicyclic amines) is 1. The number of ether oxygens (including phenoxy) is 1. The highest BCUT2D eigenvalue weighted by molar-refractivity contribution is 5.76. The number of hydrogen-bond donors (Lipinski definition) is 1. The van der Waals surface area contributed by atoms with E-state index in [1.165, 1.54) is 5.56 Å². The van der Waals surface area contributed by atoms with Gasteiger partial charge in [0.2, 0.25) is 5.91 Å². The Kier molecular flexibility index (Phi) is 5.01. The molecule has 2 atom stereocenters. The number of carbonyl (C=O) groups excluding carboxylic acids is 1. The molecule has 0 spiro atoms. The van der Waals surface area contributed by atoms with Crippen LogP contribution in [-0.4, -0.2) is 37.0 Å². The third kappa shape index (κ3) is 3.73. The lowest BCUT2D eigenvalue weighted by atomic mass is 9.92. The van der Waals surface area contributed by atoms with Gasteiger partial charge in [-0.2, -0.15) is 0 Å². The molecule has 1 saturated heterocycles. The van der Waals surface area contributed by atoms with Gasteiger partial charge in [0, 0.05) is 19.1 Å². The summed E-state index contributed by atoms with van der Waals surface area (Å²) >= 11 is 0. The van der Waals surface area contributed by atoms with Gasteiger partial charge in [-0.15, -0.1) is 0 Å². The second kappa shape index (κ2) is 6.75. The summed E-state index contributed by atoms with van der Waals surface area (Å²) in [5.74, 6) is 0.738. The van der Waals surface area contributed by atoms with Crippen LogP contribution in [0.15, 0.2) is 24.3 Å². The van der Waals surface area contributed by atoms with Crippen molar-refractivity contribution in [3.05, 3.63) is 29.8 Å². The van der Waals surface area contributed by atoms with Crippen molar-refractivity contribution < 1.29 is 9.53 Å².